The summed E-state index contributed by atoms with van der Waals surface area (Å²) in [5.74, 6) is -1.04. The highest BCUT2D eigenvalue weighted by atomic mass is 16.5. The van der Waals surface area contributed by atoms with Crippen LogP contribution >= 0.6 is 0 Å². The molecule has 0 fully saturated rings. The lowest BCUT2D eigenvalue weighted by Crippen LogP contribution is -2.52. The number of nitrogens with one attached hydrogen (secondary N) is 2. The second-order valence-electron chi connectivity index (χ2n) is 8.74. The molecule has 2 amide bonds. The van der Waals surface area contributed by atoms with E-state index in [2.05, 4.69) is 15.6 Å². The van der Waals surface area contributed by atoms with Crippen LogP contribution in [0.5, 0.6) is 0 Å². The van der Waals surface area contributed by atoms with Gasteiger partial charge in [-0.15, -0.1) is 0 Å². The Morgan fingerprint density at radius 2 is 1.37 bits per heavy atom. The number of carbonyl (C=O) groups is 3. The second kappa shape index (κ2) is 13.5. The van der Waals surface area contributed by atoms with Crippen LogP contribution in [0.4, 0.5) is 4.79 Å². The molecular formula is C30H29N3O5. The predicted octanol–water partition coefficient (Wildman–Crippen LogP) is 4.51. The highest BCUT2D eigenvalue weighted by molar-refractivity contribution is 5.99. The van der Waals surface area contributed by atoms with Crippen molar-refractivity contribution in [1.82, 2.24) is 15.6 Å². The van der Waals surface area contributed by atoms with Crippen molar-refractivity contribution < 1.29 is 23.5 Å². The van der Waals surface area contributed by atoms with Crippen LogP contribution in [0.15, 0.2) is 108 Å². The smallest absolute Gasteiger partial charge is 0.408 e. The van der Waals surface area contributed by atoms with Crippen LogP contribution in [0.25, 0.3) is 0 Å². The number of aryl methyl sites for hydroxylation is 1. The molecule has 0 spiro atoms. The quantitative estimate of drug-likeness (QED) is 0.271. The van der Waals surface area contributed by atoms with Crippen molar-refractivity contribution in [1.29, 1.82) is 0 Å². The first-order valence-corrected chi connectivity index (χ1v) is 12.4. The number of alkyl carbamates (subject to hydrolysis) is 1. The molecule has 2 atom stereocenters. The molecule has 1 aromatic heterocycles. The fourth-order valence-corrected chi connectivity index (χ4v) is 3.96. The molecule has 1 unspecified atom stereocenters. The molecule has 0 aliphatic rings. The number of ether oxygens (including phenoxy) is 1. The number of ketones is 1. The maximum atomic E-state index is 13.5. The monoisotopic (exact) mass is 511 g/mol. The van der Waals surface area contributed by atoms with Crippen LogP contribution in [0.3, 0.4) is 0 Å². The molecule has 3 aromatic carbocycles. The van der Waals surface area contributed by atoms with Gasteiger partial charge in [0.05, 0.1) is 12.2 Å². The summed E-state index contributed by atoms with van der Waals surface area (Å²) in [5, 5.41) is 5.48. The lowest BCUT2D eigenvalue weighted by molar-refractivity contribution is -0.123. The third-order valence-electron chi connectivity index (χ3n) is 5.94. The van der Waals surface area contributed by atoms with Crippen molar-refractivity contribution in [2.45, 2.75) is 38.0 Å². The zero-order chi connectivity index (χ0) is 26.6. The minimum Gasteiger partial charge on any atom is -0.445 e. The summed E-state index contributed by atoms with van der Waals surface area (Å²) in [6.07, 6.45) is 3.05. The SMILES string of the molecule is O=C(N[C@@H](Cc1ccccc1)C(=O)NC(CCc1ccccc1)C(=O)c1ncco1)OCc1ccccc1. The summed E-state index contributed by atoms with van der Waals surface area (Å²) in [4.78, 5) is 43.2. The fraction of sp³-hybridized carbons (Fsp3) is 0.200. The predicted molar refractivity (Wildman–Crippen MR) is 141 cm³/mol. The van der Waals surface area contributed by atoms with Crippen molar-refractivity contribution in [2.24, 2.45) is 0 Å². The number of aromatic nitrogens is 1. The van der Waals surface area contributed by atoms with Crippen molar-refractivity contribution in [3.8, 4) is 0 Å². The maximum absolute atomic E-state index is 13.5. The Morgan fingerprint density at radius 1 is 0.763 bits per heavy atom. The molecule has 4 aromatic rings. The summed E-state index contributed by atoms with van der Waals surface area (Å²) >= 11 is 0. The Kier molecular flexibility index (Phi) is 9.39. The van der Waals surface area contributed by atoms with E-state index in [1.54, 1.807) is 0 Å². The van der Waals surface area contributed by atoms with Gasteiger partial charge < -0.3 is 19.8 Å². The van der Waals surface area contributed by atoms with E-state index in [-0.39, 0.29) is 18.9 Å². The van der Waals surface area contributed by atoms with Crippen molar-refractivity contribution >= 4 is 17.8 Å². The second-order valence-corrected chi connectivity index (χ2v) is 8.74. The number of hydrogen-bond acceptors (Lipinski definition) is 6. The van der Waals surface area contributed by atoms with Crippen molar-refractivity contribution in [3.05, 3.63) is 126 Å². The van der Waals surface area contributed by atoms with Gasteiger partial charge >= 0.3 is 6.09 Å². The van der Waals surface area contributed by atoms with Crippen LogP contribution in [0.2, 0.25) is 0 Å². The summed E-state index contributed by atoms with van der Waals surface area (Å²) in [6, 6.07) is 26.3. The van der Waals surface area contributed by atoms with Crippen LogP contribution in [0.1, 0.15) is 33.8 Å². The largest absolute Gasteiger partial charge is 0.445 e. The first-order chi connectivity index (χ1) is 18.6. The van der Waals surface area contributed by atoms with E-state index < -0.39 is 29.9 Å². The molecule has 0 bridgehead atoms. The minimum absolute atomic E-state index is 0.0642. The number of hydrogen-bond donors (Lipinski definition) is 2. The van der Waals surface area contributed by atoms with Gasteiger partial charge in [-0.1, -0.05) is 91.0 Å². The Hall–Kier alpha value is -4.72. The van der Waals surface area contributed by atoms with Crippen molar-refractivity contribution in [2.75, 3.05) is 0 Å². The van der Waals surface area contributed by atoms with Crippen molar-refractivity contribution in [3.63, 3.8) is 0 Å². The molecule has 1 heterocycles. The van der Waals surface area contributed by atoms with E-state index in [1.807, 2.05) is 91.0 Å². The lowest BCUT2D eigenvalue weighted by atomic mass is 10.0. The zero-order valence-corrected chi connectivity index (χ0v) is 20.8. The van der Waals surface area contributed by atoms with Gasteiger partial charge in [0, 0.05) is 6.42 Å². The molecule has 0 saturated carbocycles. The Bertz CT molecular complexity index is 1300. The minimum atomic E-state index is -0.975. The summed E-state index contributed by atoms with van der Waals surface area (Å²) < 4.78 is 10.5. The van der Waals surface area contributed by atoms with Crippen LogP contribution < -0.4 is 10.6 Å². The summed E-state index contributed by atoms with van der Waals surface area (Å²) in [5.41, 5.74) is 2.69. The van der Waals surface area contributed by atoms with E-state index in [0.29, 0.717) is 12.8 Å². The average Bonchev–Trinajstić information content (AvgIpc) is 3.50. The molecule has 8 heteroatoms. The number of oxazole rings is 1. The number of carbonyl (C=O) groups excluding carboxylic acids is 3. The number of benzene rings is 3. The first-order valence-electron chi connectivity index (χ1n) is 12.4. The third-order valence-corrected chi connectivity index (χ3v) is 5.94. The lowest BCUT2D eigenvalue weighted by Gasteiger charge is -2.22. The molecule has 0 radical (unpaired) electrons. The summed E-state index contributed by atoms with van der Waals surface area (Å²) in [7, 11) is 0. The molecular weight excluding hydrogens is 482 g/mol. The van der Waals surface area contributed by atoms with Gasteiger partial charge in [0.2, 0.25) is 11.7 Å². The number of amides is 2. The van der Waals surface area contributed by atoms with Crippen LogP contribution in [0, 0.1) is 0 Å². The van der Waals surface area contributed by atoms with Gasteiger partial charge in [-0.3, -0.25) is 9.59 Å². The number of Topliss-reactive ketones (excluding diaryl/α,β-unsaturated/α-hetero) is 1. The van der Waals surface area contributed by atoms with Gasteiger partial charge in [-0.2, -0.15) is 0 Å². The average molecular weight is 512 g/mol. The van der Waals surface area contributed by atoms with E-state index in [0.717, 1.165) is 16.7 Å². The van der Waals surface area contributed by atoms with Gasteiger partial charge in [-0.05, 0) is 29.5 Å². The standard InChI is InChI=1S/C30H29N3O5/c34-27(29-31-18-19-37-29)25(17-16-22-10-4-1-5-11-22)32-28(35)26(20-23-12-6-2-7-13-23)33-30(36)38-21-24-14-8-3-9-15-24/h1-15,18-19,25-26H,16-17,20-21H2,(H,32,35)(H,33,36)/t25?,26-/m0/s1. The first kappa shape index (κ1) is 26.3. The third kappa shape index (κ3) is 7.89. The summed E-state index contributed by atoms with van der Waals surface area (Å²) in [6.45, 7) is 0.0642. The van der Waals surface area contributed by atoms with Gasteiger partial charge in [-0.25, -0.2) is 9.78 Å². The molecule has 8 nitrogen and oxygen atoms in total. The van der Waals surface area contributed by atoms with Gasteiger partial charge in [0.15, 0.2) is 0 Å². The van der Waals surface area contributed by atoms with E-state index >= 15 is 0 Å². The molecule has 38 heavy (non-hydrogen) atoms. The Morgan fingerprint density at radius 3 is 1.97 bits per heavy atom. The highest BCUT2D eigenvalue weighted by Crippen LogP contribution is 2.12. The fourth-order valence-electron chi connectivity index (χ4n) is 3.96. The molecule has 0 saturated heterocycles. The Labute approximate surface area is 221 Å². The van der Waals surface area contributed by atoms with E-state index in [9.17, 15) is 14.4 Å². The Balaban J connectivity index is 1.47. The number of rotatable bonds is 12. The molecule has 4 rings (SSSR count). The zero-order valence-electron chi connectivity index (χ0n) is 20.8. The van der Waals surface area contributed by atoms with E-state index in [1.165, 1.54) is 12.5 Å². The maximum Gasteiger partial charge on any atom is 0.408 e. The van der Waals surface area contributed by atoms with Crippen LogP contribution in [-0.4, -0.2) is 34.9 Å². The molecule has 0 aliphatic carbocycles. The van der Waals surface area contributed by atoms with E-state index in [4.69, 9.17) is 9.15 Å². The van der Waals surface area contributed by atoms with Crippen LogP contribution in [-0.2, 0) is 29.0 Å². The topological polar surface area (TPSA) is 111 Å². The molecule has 0 aliphatic heterocycles. The van der Waals surface area contributed by atoms with Gasteiger partial charge in [0.25, 0.3) is 5.89 Å². The highest BCUT2D eigenvalue weighted by Gasteiger charge is 2.29. The normalized spacial score (nSPS) is 12.2. The molecule has 194 valence electrons. The van der Waals surface area contributed by atoms with Gasteiger partial charge in [0.1, 0.15) is 18.9 Å². The number of nitrogens with zero attached hydrogens (tertiary/aromatic N) is 1. The molecule has 2 N–H and O–H groups in total.